The molecule has 8 heteroatoms. The largest absolute Gasteiger partial charge is 0.492 e. The number of nitrogens with zero attached hydrogens (tertiary/aromatic N) is 6. The third-order valence-corrected chi connectivity index (χ3v) is 6.21. The Kier molecular flexibility index (Phi) is 6.63. The predicted octanol–water partition coefficient (Wildman–Crippen LogP) is 4.03. The number of pyridine rings is 2. The summed E-state index contributed by atoms with van der Waals surface area (Å²) < 4.78 is 7.38. The van der Waals surface area contributed by atoms with Gasteiger partial charge in [0.15, 0.2) is 0 Å². The molecule has 1 amide bonds. The summed E-state index contributed by atoms with van der Waals surface area (Å²) in [4.78, 5) is 21.3. The molecule has 1 aliphatic rings. The molecule has 0 unspecified atom stereocenters. The van der Waals surface area contributed by atoms with Crippen LogP contribution in [0.25, 0.3) is 22.7 Å². The first-order valence-corrected chi connectivity index (χ1v) is 11.9. The van der Waals surface area contributed by atoms with E-state index in [-0.39, 0.29) is 5.91 Å². The average molecular weight is 479 g/mol. The number of benzene rings is 1. The normalized spacial score (nSPS) is 13.8. The minimum absolute atomic E-state index is 0.0223. The van der Waals surface area contributed by atoms with Gasteiger partial charge in [-0.3, -0.25) is 4.79 Å². The van der Waals surface area contributed by atoms with Gasteiger partial charge in [0.05, 0.1) is 30.1 Å². The molecule has 36 heavy (non-hydrogen) atoms. The van der Waals surface area contributed by atoms with Gasteiger partial charge in [0.2, 0.25) is 5.91 Å². The highest BCUT2D eigenvalue weighted by Crippen LogP contribution is 2.31. The van der Waals surface area contributed by atoms with E-state index in [9.17, 15) is 10.1 Å². The highest BCUT2D eigenvalue weighted by molar-refractivity contribution is 5.92. The van der Waals surface area contributed by atoms with Crippen molar-refractivity contribution in [3.8, 4) is 22.9 Å². The monoisotopic (exact) mass is 478 g/mol. The lowest BCUT2D eigenvalue weighted by molar-refractivity contribution is -0.126. The number of ether oxygens (including phenoxy) is 1. The average Bonchev–Trinajstić information content (AvgIpc) is 3.35. The van der Waals surface area contributed by atoms with Crippen LogP contribution in [0.4, 0.5) is 5.82 Å². The molecule has 1 fully saturated rings. The lowest BCUT2D eigenvalue weighted by Crippen LogP contribution is -2.48. The number of hydrogen-bond donors (Lipinski definition) is 0. The summed E-state index contributed by atoms with van der Waals surface area (Å²) in [5, 5.41) is 13.9. The first-order valence-electron chi connectivity index (χ1n) is 11.9. The number of carbonyl (C=O) groups excluding carboxylic acids is 1. The van der Waals surface area contributed by atoms with E-state index in [2.05, 4.69) is 16.1 Å². The molecule has 0 radical (unpaired) electrons. The zero-order valence-corrected chi connectivity index (χ0v) is 20.0. The zero-order chi connectivity index (χ0) is 24.9. The molecule has 0 saturated carbocycles. The molecule has 0 spiro atoms. The lowest BCUT2D eigenvalue weighted by Gasteiger charge is -2.35. The van der Waals surface area contributed by atoms with Crippen LogP contribution >= 0.6 is 0 Å². The van der Waals surface area contributed by atoms with Crippen LogP contribution in [0.1, 0.15) is 18.1 Å². The van der Waals surface area contributed by atoms with Crippen LogP contribution in [0.2, 0.25) is 0 Å². The van der Waals surface area contributed by atoms with E-state index in [1.54, 1.807) is 23.0 Å². The third kappa shape index (κ3) is 4.77. The van der Waals surface area contributed by atoms with Gasteiger partial charge in [-0.15, -0.1) is 0 Å². The summed E-state index contributed by atoms with van der Waals surface area (Å²) in [6.45, 7) is 5.16. The van der Waals surface area contributed by atoms with Crippen LogP contribution in [0.15, 0.2) is 73.2 Å². The van der Waals surface area contributed by atoms with E-state index in [1.165, 1.54) is 0 Å². The van der Waals surface area contributed by atoms with Crippen LogP contribution in [-0.4, -0.2) is 58.2 Å². The number of carbonyl (C=O) groups is 1. The van der Waals surface area contributed by atoms with Gasteiger partial charge in [-0.2, -0.15) is 10.4 Å². The van der Waals surface area contributed by atoms with Crippen molar-refractivity contribution in [2.24, 2.45) is 0 Å². The molecule has 0 atom stereocenters. The Balaban J connectivity index is 1.29. The standard InChI is InChI=1S/C28H26N6O2/c1-2-36-24-16-25(28-23(17-29)19-31-34(28)20-24)22-9-10-26(30-18-22)32-12-14-33(15-13-32)27(35)11-8-21-6-4-3-5-7-21/h3-11,16,18-20H,2,12-15H2,1H3/b11-8+. The number of nitriles is 1. The highest BCUT2D eigenvalue weighted by Gasteiger charge is 2.21. The van der Waals surface area contributed by atoms with Crippen LogP contribution in [0.3, 0.4) is 0 Å². The number of piperazine rings is 1. The topological polar surface area (TPSA) is 86.8 Å². The number of aromatic nitrogens is 3. The molecule has 4 heterocycles. The smallest absolute Gasteiger partial charge is 0.246 e. The second kappa shape index (κ2) is 10.3. The Morgan fingerprint density at radius 3 is 2.61 bits per heavy atom. The minimum atomic E-state index is 0.0223. The van der Waals surface area contributed by atoms with E-state index in [1.807, 2.05) is 72.6 Å². The molecule has 0 aliphatic carbocycles. The second-order valence-electron chi connectivity index (χ2n) is 8.45. The predicted molar refractivity (Wildman–Crippen MR) is 139 cm³/mol. The Hall–Kier alpha value is -4.64. The fourth-order valence-corrected chi connectivity index (χ4v) is 4.37. The molecule has 3 aromatic heterocycles. The Morgan fingerprint density at radius 2 is 1.92 bits per heavy atom. The van der Waals surface area contributed by atoms with Gasteiger partial charge >= 0.3 is 0 Å². The summed E-state index contributed by atoms with van der Waals surface area (Å²) in [6, 6.07) is 17.9. The summed E-state index contributed by atoms with van der Waals surface area (Å²) in [5.41, 5.74) is 3.96. The van der Waals surface area contributed by atoms with Crippen molar-refractivity contribution in [3.05, 3.63) is 84.3 Å². The molecule has 0 bridgehead atoms. The van der Waals surface area contributed by atoms with E-state index < -0.39 is 0 Å². The third-order valence-electron chi connectivity index (χ3n) is 6.21. The van der Waals surface area contributed by atoms with Crippen molar-refractivity contribution in [1.29, 1.82) is 5.26 Å². The Bertz CT molecular complexity index is 1430. The fourth-order valence-electron chi connectivity index (χ4n) is 4.37. The molecule has 0 N–H and O–H groups in total. The van der Waals surface area contributed by atoms with E-state index in [0.717, 1.165) is 28.0 Å². The van der Waals surface area contributed by atoms with Crippen molar-refractivity contribution in [1.82, 2.24) is 19.5 Å². The van der Waals surface area contributed by atoms with Gasteiger partial charge in [-0.25, -0.2) is 9.50 Å². The number of anilines is 1. The van der Waals surface area contributed by atoms with Crippen molar-refractivity contribution in [3.63, 3.8) is 0 Å². The second-order valence-corrected chi connectivity index (χ2v) is 8.45. The van der Waals surface area contributed by atoms with E-state index in [0.29, 0.717) is 44.1 Å². The van der Waals surface area contributed by atoms with Crippen molar-refractivity contribution in [2.45, 2.75) is 6.92 Å². The number of rotatable bonds is 6. The summed E-state index contributed by atoms with van der Waals surface area (Å²) >= 11 is 0. The first kappa shape index (κ1) is 23.1. The van der Waals surface area contributed by atoms with Crippen LogP contribution < -0.4 is 9.64 Å². The first-order chi connectivity index (χ1) is 17.7. The molecule has 1 saturated heterocycles. The number of hydrogen-bond acceptors (Lipinski definition) is 6. The van der Waals surface area contributed by atoms with Crippen molar-refractivity contribution < 1.29 is 9.53 Å². The summed E-state index contributed by atoms with van der Waals surface area (Å²) in [6.07, 6.45) is 8.65. The maximum Gasteiger partial charge on any atom is 0.246 e. The molecular formula is C28H26N6O2. The quantitative estimate of drug-likeness (QED) is 0.389. The highest BCUT2D eigenvalue weighted by atomic mass is 16.5. The van der Waals surface area contributed by atoms with E-state index >= 15 is 0 Å². The maximum absolute atomic E-state index is 12.6. The molecule has 4 aromatic rings. The van der Waals surface area contributed by atoms with Gasteiger partial charge in [0.25, 0.3) is 0 Å². The summed E-state index contributed by atoms with van der Waals surface area (Å²) in [5.74, 6) is 1.56. The Morgan fingerprint density at radius 1 is 1.11 bits per heavy atom. The number of amides is 1. The van der Waals surface area contributed by atoms with Crippen molar-refractivity contribution in [2.75, 3.05) is 37.7 Å². The van der Waals surface area contributed by atoms with Gasteiger partial charge in [-0.1, -0.05) is 30.3 Å². The van der Waals surface area contributed by atoms with E-state index in [4.69, 9.17) is 9.72 Å². The zero-order valence-electron chi connectivity index (χ0n) is 20.0. The van der Waals surface area contributed by atoms with Gasteiger partial charge < -0.3 is 14.5 Å². The van der Waals surface area contributed by atoms with Gasteiger partial charge in [0, 0.05) is 49.6 Å². The van der Waals surface area contributed by atoms with Gasteiger partial charge in [0.1, 0.15) is 17.6 Å². The molecular weight excluding hydrogens is 452 g/mol. The SMILES string of the molecule is CCOc1cc(-c2ccc(N3CCN(C(=O)/C=C/c4ccccc4)CC3)nc2)c2c(C#N)cnn2c1. The van der Waals surface area contributed by atoms with Crippen LogP contribution in [0.5, 0.6) is 5.75 Å². The molecule has 180 valence electrons. The maximum atomic E-state index is 12.6. The Labute approximate surface area is 209 Å². The molecule has 1 aliphatic heterocycles. The van der Waals surface area contributed by atoms with Crippen LogP contribution in [-0.2, 0) is 4.79 Å². The molecule has 1 aromatic carbocycles. The van der Waals surface area contributed by atoms with Crippen molar-refractivity contribution >= 4 is 23.3 Å². The van der Waals surface area contributed by atoms with Crippen LogP contribution in [0, 0.1) is 11.3 Å². The lowest BCUT2D eigenvalue weighted by atomic mass is 10.1. The van der Waals surface area contributed by atoms with Gasteiger partial charge in [-0.05, 0) is 36.8 Å². The molecule has 5 rings (SSSR count). The number of fused-ring (bicyclic) bond motifs is 1. The summed E-state index contributed by atoms with van der Waals surface area (Å²) in [7, 11) is 0. The fraction of sp³-hybridized carbons (Fsp3) is 0.214. The molecule has 8 nitrogen and oxygen atoms in total. The minimum Gasteiger partial charge on any atom is -0.492 e.